The Labute approximate surface area is 289 Å². The van der Waals surface area contributed by atoms with Gasteiger partial charge in [-0.25, -0.2) is 18.0 Å². The molecule has 1 unspecified atom stereocenters. The molecular formula is C34H40F10O6Si. The molecule has 0 saturated carbocycles. The summed E-state index contributed by atoms with van der Waals surface area (Å²) in [5, 5.41) is 0.161. The maximum Gasteiger partial charge on any atom is 0.573 e. The molecule has 0 bridgehead atoms. The summed E-state index contributed by atoms with van der Waals surface area (Å²) < 4.78 is 167. The standard InChI is InChI=1S/C34H40F10O6Si/c1-5-8-9-10-22-11-14-25(28(19-22)50-34(42,43)44)26-20-23-12-13-24(21-27(23)49-29(26)45)46-17-15-32(38,39)33(40,41)30(35)31(36,37)16-18-51(4,47-6-2)48-7-3/h11-14,19-21,30H,5-10,15-18H2,1-4H3. The first-order valence-electron chi connectivity index (χ1n) is 16.3. The number of ether oxygens (including phenoxy) is 2. The molecule has 6 nitrogen and oxygen atoms in total. The minimum atomic E-state index is -5.79. The molecule has 0 fully saturated rings. The predicted molar refractivity (Wildman–Crippen MR) is 172 cm³/mol. The second-order valence-electron chi connectivity index (χ2n) is 12.0. The maximum absolute atomic E-state index is 14.6. The lowest BCUT2D eigenvalue weighted by atomic mass is 9.98. The molecule has 0 N–H and O–H groups in total. The van der Waals surface area contributed by atoms with Gasteiger partial charge in [0.05, 0.1) is 18.6 Å². The van der Waals surface area contributed by atoms with Crippen LogP contribution in [0.3, 0.4) is 0 Å². The maximum atomic E-state index is 14.6. The first-order valence-corrected chi connectivity index (χ1v) is 18.9. The normalized spacial score (nSPS) is 13.8. The summed E-state index contributed by atoms with van der Waals surface area (Å²) in [4.78, 5) is 12.9. The van der Waals surface area contributed by atoms with E-state index in [9.17, 15) is 48.7 Å². The molecule has 0 aliphatic rings. The van der Waals surface area contributed by atoms with Gasteiger partial charge in [0.2, 0.25) is 6.17 Å². The van der Waals surface area contributed by atoms with Gasteiger partial charge in [-0.1, -0.05) is 31.9 Å². The molecule has 0 amide bonds. The third kappa shape index (κ3) is 11.1. The Morgan fingerprint density at radius 3 is 2.10 bits per heavy atom. The second kappa shape index (κ2) is 17.0. The molecule has 2 aromatic carbocycles. The van der Waals surface area contributed by atoms with E-state index < -0.39 is 75.7 Å². The van der Waals surface area contributed by atoms with E-state index in [1.807, 2.05) is 6.92 Å². The van der Waals surface area contributed by atoms with Crippen molar-refractivity contribution in [3.8, 4) is 22.6 Å². The summed E-state index contributed by atoms with van der Waals surface area (Å²) in [7, 11) is -3.30. The molecule has 3 aromatic rings. The van der Waals surface area contributed by atoms with E-state index >= 15 is 0 Å². The van der Waals surface area contributed by atoms with Gasteiger partial charge in [-0.15, -0.1) is 13.2 Å². The molecule has 0 spiro atoms. The summed E-state index contributed by atoms with van der Waals surface area (Å²) in [6.45, 7) is 5.37. The lowest BCUT2D eigenvalue weighted by Crippen LogP contribution is -2.55. The van der Waals surface area contributed by atoms with Crippen LogP contribution >= 0.6 is 0 Å². The number of alkyl halides is 10. The van der Waals surface area contributed by atoms with Crippen molar-refractivity contribution >= 4 is 19.5 Å². The van der Waals surface area contributed by atoms with E-state index in [1.165, 1.54) is 30.8 Å². The molecule has 0 aliphatic heterocycles. The van der Waals surface area contributed by atoms with Crippen molar-refractivity contribution in [3.05, 3.63) is 58.4 Å². The van der Waals surface area contributed by atoms with E-state index in [2.05, 4.69) is 4.74 Å². The topological polar surface area (TPSA) is 67.1 Å². The van der Waals surface area contributed by atoms with Crippen molar-refractivity contribution in [3.63, 3.8) is 0 Å². The van der Waals surface area contributed by atoms with E-state index in [0.29, 0.717) is 12.0 Å². The number of rotatable bonds is 20. The quantitative estimate of drug-likeness (QED) is 0.0494. The van der Waals surface area contributed by atoms with Crippen LogP contribution in [0, 0.1) is 0 Å². The van der Waals surface area contributed by atoms with Crippen LogP contribution in [0.4, 0.5) is 43.9 Å². The molecule has 1 aromatic heterocycles. The van der Waals surface area contributed by atoms with Crippen molar-refractivity contribution in [1.29, 1.82) is 0 Å². The summed E-state index contributed by atoms with van der Waals surface area (Å²) in [5.41, 5.74) is -1.22. The van der Waals surface area contributed by atoms with Crippen LogP contribution in [0.1, 0.15) is 58.4 Å². The van der Waals surface area contributed by atoms with Gasteiger partial charge in [0, 0.05) is 36.7 Å². The van der Waals surface area contributed by atoms with E-state index in [4.69, 9.17) is 18.0 Å². The third-order valence-electron chi connectivity index (χ3n) is 8.01. The van der Waals surface area contributed by atoms with Crippen LogP contribution in [0.5, 0.6) is 11.5 Å². The number of fused-ring (bicyclic) bond motifs is 1. The smallest absolute Gasteiger partial charge is 0.493 e. The van der Waals surface area contributed by atoms with Crippen molar-refractivity contribution in [2.24, 2.45) is 0 Å². The molecule has 0 radical (unpaired) electrons. The highest BCUT2D eigenvalue weighted by Crippen LogP contribution is 2.47. The Bertz CT molecular complexity index is 1640. The SMILES string of the molecule is CCCCCc1ccc(-c2cc3ccc(OCCC(F)(F)C(F)(F)C(F)C(F)(F)CC[Si](C)(OCC)OCC)cc3oc2=O)c(OC(F)(F)F)c1. The molecule has 0 saturated heterocycles. The van der Waals surface area contributed by atoms with Gasteiger partial charge in [-0.2, -0.15) is 17.6 Å². The first kappa shape index (κ1) is 42.1. The number of aryl methyl sites for hydroxylation is 1. The van der Waals surface area contributed by atoms with Crippen molar-refractivity contribution in [2.75, 3.05) is 19.8 Å². The van der Waals surface area contributed by atoms with Crippen molar-refractivity contribution < 1.29 is 66.6 Å². The summed E-state index contributed by atoms with van der Waals surface area (Å²) >= 11 is 0. The number of benzene rings is 2. The zero-order valence-corrected chi connectivity index (χ0v) is 29.4. The van der Waals surface area contributed by atoms with Gasteiger partial charge in [-0.05, 0) is 69.1 Å². The first-order chi connectivity index (χ1) is 23.7. The molecule has 0 aliphatic carbocycles. The molecule has 3 rings (SSSR count). The Balaban J connectivity index is 1.75. The molecule has 51 heavy (non-hydrogen) atoms. The average molecular weight is 763 g/mol. The molecular weight excluding hydrogens is 722 g/mol. The van der Waals surface area contributed by atoms with Crippen LogP contribution in [-0.2, 0) is 15.3 Å². The zero-order valence-electron chi connectivity index (χ0n) is 28.4. The van der Waals surface area contributed by atoms with Crippen molar-refractivity contribution in [1.82, 2.24) is 0 Å². The van der Waals surface area contributed by atoms with Crippen molar-refractivity contribution in [2.45, 2.75) is 102 Å². The lowest BCUT2D eigenvalue weighted by Gasteiger charge is -2.34. The van der Waals surface area contributed by atoms with Crippen LogP contribution in [-0.4, -0.2) is 58.7 Å². The monoisotopic (exact) mass is 762 g/mol. The molecule has 1 atom stereocenters. The Kier molecular flexibility index (Phi) is 14.0. The van der Waals surface area contributed by atoms with Crippen LogP contribution in [0.2, 0.25) is 12.6 Å². The van der Waals surface area contributed by atoms with E-state index in [0.717, 1.165) is 31.4 Å². The summed E-state index contributed by atoms with van der Waals surface area (Å²) in [6, 6.07) is 8.08. The molecule has 286 valence electrons. The van der Waals surface area contributed by atoms with Crippen LogP contribution < -0.4 is 15.1 Å². The fourth-order valence-electron chi connectivity index (χ4n) is 5.33. The number of unbranched alkanes of at least 4 members (excludes halogenated alkanes) is 2. The zero-order chi connectivity index (χ0) is 38.3. The number of hydrogen-bond acceptors (Lipinski definition) is 6. The molecule has 1 heterocycles. The van der Waals surface area contributed by atoms with Gasteiger partial charge in [0.1, 0.15) is 17.1 Å². The van der Waals surface area contributed by atoms with Gasteiger partial charge in [0.25, 0.3) is 5.92 Å². The van der Waals surface area contributed by atoms with Gasteiger partial charge in [0.15, 0.2) is 0 Å². The Morgan fingerprint density at radius 1 is 0.824 bits per heavy atom. The molecule has 17 heteroatoms. The highest BCUT2D eigenvalue weighted by atomic mass is 28.4. The second-order valence-corrected chi connectivity index (χ2v) is 15.4. The minimum Gasteiger partial charge on any atom is -0.493 e. The number of halogens is 10. The average Bonchev–Trinajstić information content (AvgIpc) is 3.03. The van der Waals surface area contributed by atoms with Gasteiger partial charge < -0.3 is 22.7 Å². The Morgan fingerprint density at radius 2 is 1.49 bits per heavy atom. The lowest BCUT2D eigenvalue weighted by molar-refractivity contribution is -0.280. The van der Waals surface area contributed by atoms with E-state index in [-0.39, 0.29) is 41.1 Å². The van der Waals surface area contributed by atoms with E-state index in [1.54, 1.807) is 19.9 Å². The Hall–Kier alpha value is -3.31. The summed E-state index contributed by atoms with van der Waals surface area (Å²) in [5.74, 6) is -16.8. The van der Waals surface area contributed by atoms with Crippen LogP contribution in [0.15, 0.2) is 51.7 Å². The summed E-state index contributed by atoms with van der Waals surface area (Å²) in [6.07, 6.45) is -10.0. The fourth-order valence-corrected chi connectivity index (χ4v) is 7.71. The third-order valence-corrected chi connectivity index (χ3v) is 11.0. The highest BCUT2D eigenvalue weighted by molar-refractivity contribution is 6.66. The highest BCUT2D eigenvalue weighted by Gasteiger charge is 2.68. The predicted octanol–water partition coefficient (Wildman–Crippen LogP) is 10.6. The largest absolute Gasteiger partial charge is 0.573 e. The number of hydrogen-bond donors (Lipinski definition) is 0. The van der Waals surface area contributed by atoms with Crippen LogP contribution in [0.25, 0.3) is 22.1 Å². The fraction of sp³-hybridized carbons (Fsp3) is 0.559. The minimum absolute atomic E-state index is 0.0568. The van der Waals surface area contributed by atoms with Gasteiger partial charge in [-0.3, -0.25) is 0 Å². The van der Waals surface area contributed by atoms with Gasteiger partial charge >= 0.3 is 32.4 Å².